The molecule has 0 aliphatic carbocycles. The molecule has 0 amide bonds. The number of anilines is 3. The van der Waals surface area contributed by atoms with E-state index in [-0.39, 0.29) is 0 Å². The van der Waals surface area contributed by atoms with Crippen molar-refractivity contribution in [1.29, 1.82) is 0 Å². The summed E-state index contributed by atoms with van der Waals surface area (Å²) in [6.45, 7) is 0. The smallest absolute Gasteiger partial charge is 0.168 e. The Morgan fingerprint density at radius 1 is 0.432 bits per heavy atom. The maximum atomic E-state index is 4.65. The number of para-hydroxylation sites is 3. The van der Waals surface area contributed by atoms with Crippen molar-refractivity contribution in [3.8, 4) is 28.5 Å². The summed E-state index contributed by atoms with van der Waals surface area (Å²) in [5.41, 5.74) is 6.56. The van der Waals surface area contributed by atoms with Crippen molar-refractivity contribution in [3.05, 3.63) is 133 Å². The Kier molecular flexibility index (Phi) is 5.34. The summed E-state index contributed by atoms with van der Waals surface area (Å²) in [7, 11) is 0. The Morgan fingerprint density at radius 2 is 0.919 bits per heavy atom. The molecule has 7 rings (SSSR count). The van der Waals surface area contributed by atoms with Crippen LogP contribution < -0.4 is 4.90 Å². The highest BCUT2D eigenvalue weighted by Gasteiger charge is 2.24. The van der Waals surface area contributed by atoms with E-state index >= 15 is 0 Å². The molecule has 0 N–H and O–H groups in total. The van der Waals surface area contributed by atoms with Crippen LogP contribution in [0.15, 0.2) is 143 Å². The third-order valence-corrected chi connectivity index (χ3v) is 7.66. The van der Waals surface area contributed by atoms with Crippen molar-refractivity contribution in [1.82, 2.24) is 14.8 Å². The van der Waals surface area contributed by atoms with Crippen LogP contribution in [0.25, 0.3) is 28.5 Å². The summed E-state index contributed by atoms with van der Waals surface area (Å²) in [4.78, 5) is 4.84. The van der Waals surface area contributed by atoms with Crippen LogP contribution in [0.3, 0.4) is 0 Å². The van der Waals surface area contributed by atoms with Gasteiger partial charge in [-0.15, -0.1) is 10.2 Å². The fourth-order valence-electron chi connectivity index (χ4n) is 4.81. The monoisotopic (exact) mass is 494 g/mol. The van der Waals surface area contributed by atoms with E-state index in [1.807, 2.05) is 48.2 Å². The lowest BCUT2D eigenvalue weighted by molar-refractivity contribution is 1.07. The molecule has 1 aliphatic heterocycles. The minimum atomic E-state index is 0.812. The average Bonchev–Trinajstić information content (AvgIpc) is 3.42. The van der Waals surface area contributed by atoms with Crippen LogP contribution in [-0.2, 0) is 0 Å². The maximum absolute atomic E-state index is 4.65. The third-order valence-electron chi connectivity index (χ3n) is 6.53. The molecule has 176 valence electrons. The number of hydrogen-bond donors (Lipinski definition) is 0. The van der Waals surface area contributed by atoms with Crippen molar-refractivity contribution in [3.63, 3.8) is 0 Å². The van der Waals surface area contributed by atoms with Crippen LogP contribution in [0.5, 0.6) is 0 Å². The number of nitrogens with zero attached hydrogens (tertiary/aromatic N) is 4. The summed E-state index contributed by atoms with van der Waals surface area (Å²) in [6.07, 6.45) is 0. The molecule has 5 heteroatoms. The molecule has 5 aromatic carbocycles. The summed E-state index contributed by atoms with van der Waals surface area (Å²) in [6, 6.07) is 46.3. The summed E-state index contributed by atoms with van der Waals surface area (Å²) in [5, 5.41) is 9.26. The highest BCUT2D eigenvalue weighted by molar-refractivity contribution is 7.99. The van der Waals surface area contributed by atoms with E-state index in [0.29, 0.717) is 0 Å². The minimum absolute atomic E-state index is 0.812. The fraction of sp³-hybridized carbons (Fsp3) is 0. The van der Waals surface area contributed by atoms with Gasteiger partial charge in [-0.1, -0.05) is 84.6 Å². The van der Waals surface area contributed by atoms with E-state index in [2.05, 4.69) is 117 Å². The van der Waals surface area contributed by atoms with Crippen LogP contribution in [0, 0.1) is 0 Å². The number of aromatic nitrogens is 3. The molecule has 37 heavy (non-hydrogen) atoms. The lowest BCUT2D eigenvalue weighted by Gasteiger charge is -2.32. The van der Waals surface area contributed by atoms with Gasteiger partial charge in [-0.05, 0) is 60.7 Å². The van der Waals surface area contributed by atoms with Crippen LogP contribution in [0.4, 0.5) is 17.1 Å². The zero-order valence-electron chi connectivity index (χ0n) is 19.9. The molecule has 0 saturated heterocycles. The first-order chi connectivity index (χ1) is 18.4. The van der Waals surface area contributed by atoms with E-state index < -0.39 is 0 Å². The molecule has 0 atom stereocenters. The normalized spacial score (nSPS) is 12.2. The lowest BCUT2D eigenvalue weighted by atomic mass is 10.1. The van der Waals surface area contributed by atoms with Gasteiger partial charge >= 0.3 is 0 Å². The Morgan fingerprint density at radius 3 is 1.51 bits per heavy atom. The van der Waals surface area contributed by atoms with Crippen molar-refractivity contribution < 1.29 is 0 Å². The Labute approximate surface area is 219 Å². The molecule has 6 aromatic rings. The first kappa shape index (κ1) is 21.7. The Bertz CT molecular complexity index is 1650. The van der Waals surface area contributed by atoms with E-state index in [9.17, 15) is 0 Å². The predicted octanol–water partition coefficient (Wildman–Crippen LogP) is 8.54. The van der Waals surface area contributed by atoms with Crippen molar-refractivity contribution in [2.45, 2.75) is 9.79 Å². The SMILES string of the molecule is c1ccc(-c2nnc(-c3ccc(N4c5ccccc5Sc5ccccc54)cc3)n2-c2ccccc2)cc1. The molecular formula is C32H22N4S. The third kappa shape index (κ3) is 3.81. The van der Waals surface area contributed by atoms with Crippen LogP contribution in [0.2, 0.25) is 0 Å². The molecule has 0 bridgehead atoms. The Hall–Kier alpha value is -4.61. The predicted molar refractivity (Wildman–Crippen MR) is 151 cm³/mol. The van der Waals surface area contributed by atoms with Gasteiger partial charge < -0.3 is 4.90 Å². The van der Waals surface area contributed by atoms with Gasteiger partial charge in [0.25, 0.3) is 0 Å². The number of fused-ring (bicyclic) bond motifs is 2. The van der Waals surface area contributed by atoms with Gasteiger partial charge in [-0.3, -0.25) is 4.57 Å². The van der Waals surface area contributed by atoms with Crippen LogP contribution >= 0.6 is 11.8 Å². The second-order valence-corrected chi connectivity index (χ2v) is 9.89. The van der Waals surface area contributed by atoms with Gasteiger partial charge in [0, 0.05) is 32.3 Å². The standard InChI is InChI=1S/C32H22N4S/c1-3-11-23(12-4-1)31-33-34-32(36(31)25-13-5-2-6-14-25)24-19-21-26(22-20-24)35-27-15-7-9-17-29(27)37-30-18-10-8-16-28(30)35/h1-22H. The summed E-state index contributed by atoms with van der Waals surface area (Å²) < 4.78 is 2.13. The van der Waals surface area contributed by atoms with Gasteiger partial charge in [-0.2, -0.15) is 0 Å². The van der Waals surface area contributed by atoms with Crippen molar-refractivity contribution in [2.24, 2.45) is 0 Å². The van der Waals surface area contributed by atoms with Gasteiger partial charge in [0.05, 0.1) is 11.4 Å². The quantitative estimate of drug-likeness (QED) is 0.245. The second-order valence-electron chi connectivity index (χ2n) is 8.80. The zero-order valence-corrected chi connectivity index (χ0v) is 20.7. The second kappa shape index (κ2) is 9.12. The number of rotatable bonds is 4. The minimum Gasteiger partial charge on any atom is -0.308 e. The zero-order chi connectivity index (χ0) is 24.6. The highest BCUT2D eigenvalue weighted by Crippen LogP contribution is 2.51. The molecular weight excluding hydrogens is 472 g/mol. The molecule has 1 aromatic heterocycles. The largest absolute Gasteiger partial charge is 0.308 e. The topological polar surface area (TPSA) is 34.0 Å². The molecule has 1 aliphatic rings. The number of hydrogen-bond acceptors (Lipinski definition) is 4. The van der Waals surface area contributed by atoms with E-state index in [1.54, 1.807) is 0 Å². The first-order valence-corrected chi connectivity index (χ1v) is 13.0. The molecule has 0 unspecified atom stereocenters. The average molecular weight is 495 g/mol. The first-order valence-electron chi connectivity index (χ1n) is 12.2. The van der Waals surface area contributed by atoms with E-state index in [1.165, 1.54) is 21.2 Å². The molecule has 0 spiro atoms. The molecule has 0 fully saturated rings. The van der Waals surface area contributed by atoms with Gasteiger partial charge in [0.15, 0.2) is 11.6 Å². The van der Waals surface area contributed by atoms with Crippen molar-refractivity contribution >= 4 is 28.8 Å². The number of benzene rings is 5. The highest BCUT2D eigenvalue weighted by atomic mass is 32.2. The lowest BCUT2D eigenvalue weighted by Crippen LogP contribution is -2.14. The van der Waals surface area contributed by atoms with E-state index in [0.717, 1.165) is 34.2 Å². The van der Waals surface area contributed by atoms with Crippen LogP contribution in [-0.4, -0.2) is 14.8 Å². The van der Waals surface area contributed by atoms with Gasteiger partial charge in [0.2, 0.25) is 0 Å². The fourth-order valence-corrected chi connectivity index (χ4v) is 5.87. The van der Waals surface area contributed by atoms with Crippen molar-refractivity contribution in [2.75, 3.05) is 4.90 Å². The van der Waals surface area contributed by atoms with Crippen LogP contribution in [0.1, 0.15) is 0 Å². The Balaban J connectivity index is 1.34. The molecule has 0 radical (unpaired) electrons. The van der Waals surface area contributed by atoms with E-state index in [4.69, 9.17) is 0 Å². The molecule has 0 saturated carbocycles. The molecule has 4 nitrogen and oxygen atoms in total. The van der Waals surface area contributed by atoms with Gasteiger partial charge in [0.1, 0.15) is 0 Å². The maximum Gasteiger partial charge on any atom is 0.168 e. The van der Waals surface area contributed by atoms with Gasteiger partial charge in [-0.25, -0.2) is 0 Å². The summed E-state index contributed by atoms with van der Waals surface area (Å²) >= 11 is 1.82. The molecule has 2 heterocycles. The summed E-state index contributed by atoms with van der Waals surface area (Å²) in [5.74, 6) is 1.63.